The molecule has 4 aromatic rings. The van der Waals surface area contributed by atoms with Gasteiger partial charge in [0.1, 0.15) is 0 Å². The van der Waals surface area contributed by atoms with Crippen LogP contribution in [0.25, 0.3) is 11.3 Å². The van der Waals surface area contributed by atoms with Crippen LogP contribution in [0, 0.1) is 5.92 Å². The number of aromatic carboxylic acids is 1. The molecule has 0 saturated heterocycles. The van der Waals surface area contributed by atoms with Crippen molar-refractivity contribution < 1.29 is 14.7 Å². The lowest BCUT2D eigenvalue weighted by molar-refractivity contribution is 0.0696. The van der Waals surface area contributed by atoms with Gasteiger partial charge in [0.25, 0.3) is 5.91 Å². The Morgan fingerprint density at radius 3 is 2.24 bits per heavy atom. The Labute approximate surface area is 202 Å². The zero-order valence-electron chi connectivity index (χ0n) is 18.9. The number of carbonyl (C=O) groups is 2. The predicted molar refractivity (Wildman–Crippen MR) is 137 cm³/mol. The van der Waals surface area contributed by atoms with E-state index in [1.165, 1.54) is 0 Å². The summed E-state index contributed by atoms with van der Waals surface area (Å²) in [6.45, 7) is 5.02. The summed E-state index contributed by atoms with van der Waals surface area (Å²) in [5.74, 6) is -0.705. The number of rotatable bonds is 8. The summed E-state index contributed by atoms with van der Waals surface area (Å²) in [6, 6.07) is 23.6. The molecule has 1 amide bonds. The third kappa shape index (κ3) is 5.50. The van der Waals surface area contributed by atoms with Crippen molar-refractivity contribution in [1.29, 1.82) is 0 Å². The van der Waals surface area contributed by atoms with Crippen LogP contribution in [0.15, 0.2) is 84.2 Å². The Balaban J connectivity index is 1.52. The molecule has 7 heteroatoms. The van der Waals surface area contributed by atoms with Crippen molar-refractivity contribution in [3.8, 4) is 11.3 Å². The Bertz CT molecular complexity index is 1270. The first kappa shape index (κ1) is 23.2. The number of carbonyl (C=O) groups excluding carboxylic acids is 1. The average Bonchev–Trinajstić information content (AvgIpc) is 3.33. The fourth-order valence-electron chi connectivity index (χ4n) is 3.48. The normalized spacial score (nSPS) is 10.8. The summed E-state index contributed by atoms with van der Waals surface area (Å²) >= 11 is 1.54. The Morgan fingerprint density at radius 1 is 0.941 bits per heavy atom. The lowest BCUT2D eigenvalue weighted by atomic mass is 10.1. The van der Waals surface area contributed by atoms with Gasteiger partial charge in [0.15, 0.2) is 5.13 Å². The standard InChI is InChI=1S/C27H25N3O3S/c1-18(2)16-30(23-14-10-21(11-15-23)26(32)33)27-29-24(17-34-27)19-8-12-22(13-9-19)28-25(31)20-6-4-3-5-7-20/h3-15,17-18H,16H2,1-2H3,(H,28,31)(H,32,33). The number of carboxylic acid groups (broad SMARTS) is 1. The van der Waals surface area contributed by atoms with Gasteiger partial charge in [-0.2, -0.15) is 0 Å². The SMILES string of the molecule is CC(C)CN(c1ccc(C(=O)O)cc1)c1nc(-c2ccc(NC(=O)c3ccccc3)cc2)cs1. The predicted octanol–water partition coefficient (Wildman–Crippen LogP) is 6.55. The topological polar surface area (TPSA) is 82.5 Å². The number of anilines is 3. The van der Waals surface area contributed by atoms with Gasteiger partial charge >= 0.3 is 5.97 Å². The quantitative estimate of drug-likeness (QED) is 0.304. The number of hydrogen-bond acceptors (Lipinski definition) is 5. The van der Waals surface area contributed by atoms with Crippen LogP contribution in [0.3, 0.4) is 0 Å². The zero-order valence-corrected chi connectivity index (χ0v) is 19.8. The molecule has 0 aliphatic rings. The summed E-state index contributed by atoms with van der Waals surface area (Å²) < 4.78 is 0. The van der Waals surface area contributed by atoms with E-state index in [2.05, 4.69) is 24.1 Å². The molecule has 34 heavy (non-hydrogen) atoms. The highest BCUT2D eigenvalue weighted by Crippen LogP contribution is 2.33. The highest BCUT2D eigenvalue weighted by atomic mass is 32.1. The zero-order chi connectivity index (χ0) is 24.1. The van der Waals surface area contributed by atoms with Crippen LogP contribution in [0.2, 0.25) is 0 Å². The summed E-state index contributed by atoms with van der Waals surface area (Å²) in [6.07, 6.45) is 0. The number of hydrogen-bond donors (Lipinski definition) is 2. The average molecular weight is 472 g/mol. The molecular formula is C27H25N3O3S. The van der Waals surface area contributed by atoms with E-state index in [-0.39, 0.29) is 11.5 Å². The second-order valence-corrected chi connectivity index (χ2v) is 9.11. The van der Waals surface area contributed by atoms with Crippen LogP contribution in [0.1, 0.15) is 34.6 Å². The maximum Gasteiger partial charge on any atom is 0.335 e. The number of nitrogens with one attached hydrogen (secondary N) is 1. The first-order valence-corrected chi connectivity index (χ1v) is 11.8. The van der Waals surface area contributed by atoms with Gasteiger partial charge < -0.3 is 15.3 Å². The van der Waals surface area contributed by atoms with Crippen molar-refractivity contribution in [2.75, 3.05) is 16.8 Å². The number of carboxylic acids is 1. The van der Waals surface area contributed by atoms with Crippen molar-refractivity contribution in [2.45, 2.75) is 13.8 Å². The van der Waals surface area contributed by atoms with E-state index in [1.807, 2.05) is 60.0 Å². The molecule has 0 aliphatic carbocycles. The maximum absolute atomic E-state index is 12.4. The molecule has 0 bridgehead atoms. The molecule has 2 N–H and O–H groups in total. The van der Waals surface area contributed by atoms with Crippen molar-refractivity contribution in [3.05, 3.63) is 95.4 Å². The third-order valence-electron chi connectivity index (χ3n) is 5.17. The van der Waals surface area contributed by atoms with Crippen LogP contribution in [-0.4, -0.2) is 28.5 Å². The lowest BCUT2D eigenvalue weighted by Gasteiger charge is -2.24. The van der Waals surface area contributed by atoms with Gasteiger partial charge in [-0.25, -0.2) is 9.78 Å². The van der Waals surface area contributed by atoms with E-state index in [1.54, 1.807) is 35.6 Å². The minimum Gasteiger partial charge on any atom is -0.478 e. The molecule has 3 aromatic carbocycles. The van der Waals surface area contributed by atoms with Gasteiger partial charge in [-0.15, -0.1) is 11.3 Å². The second-order valence-electron chi connectivity index (χ2n) is 8.27. The van der Waals surface area contributed by atoms with Gasteiger partial charge in [0, 0.05) is 34.4 Å². The smallest absolute Gasteiger partial charge is 0.335 e. The number of benzene rings is 3. The Hall–Kier alpha value is -3.97. The number of amides is 1. The van der Waals surface area contributed by atoms with E-state index in [0.717, 1.165) is 28.6 Å². The minimum atomic E-state index is -0.943. The molecule has 0 saturated carbocycles. The Morgan fingerprint density at radius 2 is 1.62 bits per heavy atom. The summed E-state index contributed by atoms with van der Waals surface area (Å²) in [7, 11) is 0. The molecule has 1 aromatic heterocycles. The van der Waals surface area contributed by atoms with Gasteiger partial charge in [-0.3, -0.25) is 4.79 Å². The van der Waals surface area contributed by atoms with E-state index in [0.29, 0.717) is 17.2 Å². The fraction of sp³-hybridized carbons (Fsp3) is 0.148. The number of nitrogens with zero attached hydrogens (tertiary/aromatic N) is 2. The maximum atomic E-state index is 12.4. The van der Waals surface area contributed by atoms with Crippen LogP contribution in [0.5, 0.6) is 0 Å². The second kappa shape index (κ2) is 10.3. The molecule has 0 atom stereocenters. The molecule has 0 unspecified atom stereocenters. The van der Waals surface area contributed by atoms with Crippen molar-refractivity contribution in [3.63, 3.8) is 0 Å². The first-order valence-electron chi connectivity index (χ1n) is 10.9. The molecule has 0 aliphatic heterocycles. The number of thiazole rings is 1. The highest BCUT2D eigenvalue weighted by Gasteiger charge is 2.17. The van der Waals surface area contributed by atoms with Crippen molar-refractivity contribution >= 4 is 39.7 Å². The monoisotopic (exact) mass is 471 g/mol. The van der Waals surface area contributed by atoms with Crippen molar-refractivity contribution in [2.24, 2.45) is 5.92 Å². The molecule has 4 rings (SSSR count). The molecule has 0 radical (unpaired) electrons. The van der Waals surface area contributed by atoms with E-state index < -0.39 is 5.97 Å². The third-order valence-corrected chi connectivity index (χ3v) is 6.03. The summed E-state index contributed by atoms with van der Waals surface area (Å²) in [4.78, 5) is 30.5. The van der Waals surface area contributed by atoms with Gasteiger partial charge in [0.2, 0.25) is 0 Å². The Kier molecular flexibility index (Phi) is 7.04. The van der Waals surface area contributed by atoms with Gasteiger partial charge in [0.05, 0.1) is 11.3 Å². The fourth-order valence-corrected chi connectivity index (χ4v) is 4.35. The first-order chi connectivity index (χ1) is 16.4. The summed E-state index contributed by atoms with van der Waals surface area (Å²) in [5.41, 5.74) is 4.28. The van der Waals surface area contributed by atoms with E-state index in [9.17, 15) is 14.7 Å². The molecule has 172 valence electrons. The van der Waals surface area contributed by atoms with E-state index in [4.69, 9.17) is 4.98 Å². The highest BCUT2D eigenvalue weighted by molar-refractivity contribution is 7.14. The molecular weight excluding hydrogens is 446 g/mol. The lowest BCUT2D eigenvalue weighted by Crippen LogP contribution is -2.22. The van der Waals surface area contributed by atoms with Crippen molar-refractivity contribution in [1.82, 2.24) is 4.98 Å². The summed E-state index contributed by atoms with van der Waals surface area (Å²) in [5, 5.41) is 14.9. The minimum absolute atomic E-state index is 0.150. The molecule has 0 fully saturated rings. The van der Waals surface area contributed by atoms with E-state index >= 15 is 0 Å². The van der Waals surface area contributed by atoms with Crippen LogP contribution >= 0.6 is 11.3 Å². The molecule has 0 spiro atoms. The van der Waals surface area contributed by atoms with Gasteiger partial charge in [-0.1, -0.05) is 44.2 Å². The van der Waals surface area contributed by atoms with Crippen LogP contribution in [0.4, 0.5) is 16.5 Å². The molecule has 6 nitrogen and oxygen atoms in total. The van der Waals surface area contributed by atoms with Crippen LogP contribution < -0.4 is 10.2 Å². The molecule has 1 heterocycles. The largest absolute Gasteiger partial charge is 0.478 e. The number of aromatic nitrogens is 1. The van der Waals surface area contributed by atoms with Crippen LogP contribution in [-0.2, 0) is 0 Å². The van der Waals surface area contributed by atoms with Gasteiger partial charge in [-0.05, 0) is 54.4 Å².